The summed E-state index contributed by atoms with van der Waals surface area (Å²) in [5.41, 5.74) is -0.170. The van der Waals surface area contributed by atoms with Crippen LogP contribution in [0.1, 0.15) is 39.5 Å². The zero-order valence-corrected chi connectivity index (χ0v) is 13.1. The molecule has 1 aliphatic carbocycles. The van der Waals surface area contributed by atoms with Crippen LogP contribution in [-0.4, -0.2) is 18.2 Å². The minimum absolute atomic E-state index is 0.170. The van der Waals surface area contributed by atoms with Crippen LogP contribution in [0.4, 0.5) is 4.39 Å². The number of benzene rings is 1. The fourth-order valence-electron chi connectivity index (χ4n) is 2.35. The Morgan fingerprint density at radius 3 is 2.68 bits per heavy atom. The Kier molecular flexibility index (Phi) is 4.85. The molecule has 0 aromatic heterocycles. The van der Waals surface area contributed by atoms with Gasteiger partial charge in [0, 0.05) is 10.5 Å². The summed E-state index contributed by atoms with van der Waals surface area (Å²) in [6.07, 6.45) is 4.13. The van der Waals surface area contributed by atoms with Crippen molar-refractivity contribution in [1.82, 2.24) is 5.32 Å². The maximum atomic E-state index is 13.8. The maximum Gasteiger partial charge on any atom is 0.166 e. The van der Waals surface area contributed by atoms with Crippen LogP contribution in [0, 0.1) is 5.82 Å². The zero-order chi connectivity index (χ0) is 13.9. The van der Waals surface area contributed by atoms with Crippen LogP contribution in [0.25, 0.3) is 0 Å². The third kappa shape index (κ3) is 3.93. The first-order chi connectivity index (χ1) is 9.01. The van der Waals surface area contributed by atoms with E-state index in [0.717, 1.165) is 30.3 Å². The van der Waals surface area contributed by atoms with Gasteiger partial charge in [-0.05, 0) is 50.4 Å². The van der Waals surface area contributed by atoms with Crippen LogP contribution in [-0.2, 0) is 0 Å². The van der Waals surface area contributed by atoms with E-state index in [1.807, 2.05) is 6.07 Å². The molecular weight excluding hydrogens is 309 g/mol. The lowest BCUT2D eigenvalue weighted by molar-refractivity contribution is -0.0174. The standard InChI is InChI=1S/C15H21BrFNO/c1-11(2)18-9-8-15(6-3-7-15)19-14-5-4-12(16)10-13(14)17/h4-5,10-11,18H,3,6-9H2,1-2H3. The maximum absolute atomic E-state index is 13.8. The number of ether oxygens (including phenoxy) is 1. The van der Waals surface area contributed by atoms with Gasteiger partial charge in [0.25, 0.3) is 0 Å². The highest BCUT2D eigenvalue weighted by Gasteiger charge is 2.39. The van der Waals surface area contributed by atoms with E-state index in [1.54, 1.807) is 6.07 Å². The van der Waals surface area contributed by atoms with Crippen molar-refractivity contribution in [3.05, 3.63) is 28.5 Å². The summed E-state index contributed by atoms with van der Waals surface area (Å²) < 4.78 is 20.5. The van der Waals surface area contributed by atoms with Crippen LogP contribution >= 0.6 is 15.9 Å². The monoisotopic (exact) mass is 329 g/mol. The van der Waals surface area contributed by atoms with Gasteiger partial charge >= 0.3 is 0 Å². The molecule has 0 bridgehead atoms. The molecule has 1 N–H and O–H groups in total. The second kappa shape index (κ2) is 6.23. The Hall–Kier alpha value is -0.610. The third-order valence-electron chi connectivity index (χ3n) is 3.62. The van der Waals surface area contributed by atoms with Crippen LogP contribution in [0.15, 0.2) is 22.7 Å². The minimum Gasteiger partial charge on any atom is -0.484 e. The van der Waals surface area contributed by atoms with Gasteiger partial charge in [-0.25, -0.2) is 4.39 Å². The van der Waals surface area contributed by atoms with Crippen molar-refractivity contribution >= 4 is 15.9 Å². The van der Waals surface area contributed by atoms with Crippen molar-refractivity contribution in [2.75, 3.05) is 6.54 Å². The topological polar surface area (TPSA) is 21.3 Å². The molecule has 0 heterocycles. The van der Waals surface area contributed by atoms with E-state index in [4.69, 9.17) is 4.74 Å². The number of rotatable bonds is 6. The minimum atomic E-state index is -0.294. The lowest BCUT2D eigenvalue weighted by Crippen LogP contribution is -2.46. The number of halogens is 2. The van der Waals surface area contributed by atoms with Gasteiger partial charge in [0.1, 0.15) is 5.60 Å². The van der Waals surface area contributed by atoms with Gasteiger partial charge < -0.3 is 10.1 Å². The normalized spacial score (nSPS) is 17.3. The summed E-state index contributed by atoms with van der Waals surface area (Å²) >= 11 is 3.26. The summed E-state index contributed by atoms with van der Waals surface area (Å²) in [4.78, 5) is 0. The largest absolute Gasteiger partial charge is 0.484 e. The predicted octanol–water partition coefficient (Wildman–Crippen LogP) is 4.28. The molecule has 1 saturated carbocycles. The van der Waals surface area contributed by atoms with Crippen LogP contribution in [0.5, 0.6) is 5.75 Å². The van der Waals surface area contributed by atoms with Gasteiger partial charge in [-0.1, -0.05) is 29.8 Å². The fourth-order valence-corrected chi connectivity index (χ4v) is 2.69. The highest BCUT2D eigenvalue weighted by molar-refractivity contribution is 9.10. The first-order valence-electron chi connectivity index (χ1n) is 6.88. The van der Waals surface area contributed by atoms with Gasteiger partial charge in [0.15, 0.2) is 11.6 Å². The molecule has 19 heavy (non-hydrogen) atoms. The van der Waals surface area contributed by atoms with E-state index in [2.05, 4.69) is 35.1 Å². The first-order valence-corrected chi connectivity index (χ1v) is 7.67. The smallest absolute Gasteiger partial charge is 0.166 e. The van der Waals surface area contributed by atoms with E-state index in [-0.39, 0.29) is 11.4 Å². The van der Waals surface area contributed by atoms with E-state index < -0.39 is 0 Å². The molecule has 1 fully saturated rings. The Balaban J connectivity index is 1.98. The molecule has 4 heteroatoms. The summed E-state index contributed by atoms with van der Waals surface area (Å²) in [5, 5.41) is 3.40. The Morgan fingerprint density at radius 1 is 1.42 bits per heavy atom. The highest BCUT2D eigenvalue weighted by Crippen LogP contribution is 2.40. The molecule has 1 aromatic carbocycles. The number of nitrogens with one attached hydrogen (secondary N) is 1. The molecule has 2 rings (SSSR count). The molecule has 0 unspecified atom stereocenters. The molecule has 0 aliphatic heterocycles. The summed E-state index contributed by atoms with van der Waals surface area (Å²) in [7, 11) is 0. The molecule has 0 amide bonds. The molecule has 0 atom stereocenters. The van der Waals surface area contributed by atoms with Gasteiger partial charge in [-0.2, -0.15) is 0 Å². The molecule has 106 valence electrons. The highest BCUT2D eigenvalue weighted by atomic mass is 79.9. The molecule has 1 aliphatic rings. The zero-order valence-electron chi connectivity index (χ0n) is 11.5. The summed E-state index contributed by atoms with van der Waals surface area (Å²) in [5.74, 6) is 0.0740. The number of hydrogen-bond donors (Lipinski definition) is 1. The summed E-state index contributed by atoms with van der Waals surface area (Å²) in [6, 6.07) is 5.45. The molecular formula is C15H21BrFNO. The molecule has 0 spiro atoms. The molecule has 2 nitrogen and oxygen atoms in total. The van der Waals surface area contributed by atoms with Crippen molar-refractivity contribution in [2.24, 2.45) is 0 Å². The van der Waals surface area contributed by atoms with Gasteiger partial charge in [-0.3, -0.25) is 0 Å². The van der Waals surface area contributed by atoms with E-state index >= 15 is 0 Å². The molecule has 0 radical (unpaired) electrons. The molecule has 0 saturated heterocycles. The van der Waals surface area contributed by atoms with Gasteiger partial charge in [0.2, 0.25) is 0 Å². The average molecular weight is 330 g/mol. The average Bonchev–Trinajstić information content (AvgIpc) is 2.28. The van der Waals surface area contributed by atoms with E-state index in [0.29, 0.717) is 11.8 Å². The van der Waals surface area contributed by atoms with Crippen molar-refractivity contribution in [1.29, 1.82) is 0 Å². The van der Waals surface area contributed by atoms with Crippen LogP contribution in [0.3, 0.4) is 0 Å². The predicted molar refractivity (Wildman–Crippen MR) is 79.1 cm³/mol. The Morgan fingerprint density at radius 2 is 2.16 bits per heavy atom. The Labute approximate surface area is 122 Å². The second-order valence-corrected chi connectivity index (χ2v) is 6.49. The van der Waals surface area contributed by atoms with E-state index in [9.17, 15) is 4.39 Å². The molecule has 1 aromatic rings. The first kappa shape index (κ1) is 14.8. The fraction of sp³-hybridized carbons (Fsp3) is 0.600. The summed E-state index contributed by atoms with van der Waals surface area (Å²) in [6.45, 7) is 5.17. The van der Waals surface area contributed by atoms with Crippen molar-refractivity contribution in [3.8, 4) is 5.75 Å². The van der Waals surface area contributed by atoms with Crippen LogP contribution < -0.4 is 10.1 Å². The Bertz CT molecular complexity index is 432. The van der Waals surface area contributed by atoms with Gasteiger partial charge in [0.05, 0.1) is 0 Å². The number of hydrogen-bond acceptors (Lipinski definition) is 2. The van der Waals surface area contributed by atoms with Crippen LogP contribution in [0.2, 0.25) is 0 Å². The van der Waals surface area contributed by atoms with Crippen molar-refractivity contribution in [3.63, 3.8) is 0 Å². The lowest BCUT2D eigenvalue weighted by atomic mass is 9.77. The van der Waals surface area contributed by atoms with Crippen molar-refractivity contribution in [2.45, 2.75) is 51.2 Å². The van der Waals surface area contributed by atoms with Crippen molar-refractivity contribution < 1.29 is 9.13 Å². The lowest BCUT2D eigenvalue weighted by Gasteiger charge is -2.42. The van der Waals surface area contributed by atoms with Gasteiger partial charge in [-0.15, -0.1) is 0 Å². The SMILES string of the molecule is CC(C)NCCC1(Oc2ccc(Br)cc2F)CCC1. The second-order valence-electron chi connectivity index (χ2n) is 5.57. The quantitative estimate of drug-likeness (QED) is 0.841. The van der Waals surface area contributed by atoms with E-state index in [1.165, 1.54) is 12.5 Å². The third-order valence-corrected chi connectivity index (χ3v) is 4.11.